The van der Waals surface area contributed by atoms with E-state index in [2.05, 4.69) is 20.7 Å². The van der Waals surface area contributed by atoms with Gasteiger partial charge in [-0.1, -0.05) is 18.2 Å². The molecule has 0 aliphatic rings. The Kier molecular flexibility index (Phi) is 5.12. The first-order valence-electron chi connectivity index (χ1n) is 7.27. The molecule has 0 amide bonds. The van der Waals surface area contributed by atoms with Crippen LogP contribution in [-0.2, 0) is 10.0 Å². The molecule has 8 heteroatoms. The summed E-state index contributed by atoms with van der Waals surface area (Å²) < 4.78 is 34.4. The summed E-state index contributed by atoms with van der Waals surface area (Å²) in [5.41, 5.74) is 0.796. The molecule has 3 aromatic rings. The van der Waals surface area contributed by atoms with Crippen LogP contribution in [0.2, 0.25) is 0 Å². The molecule has 24 heavy (non-hydrogen) atoms. The van der Waals surface area contributed by atoms with Gasteiger partial charge in [0.2, 0.25) is 10.0 Å². The molecular formula is C16H17BrN2O3S2. The lowest BCUT2D eigenvalue weighted by atomic mass is 10.2. The van der Waals surface area contributed by atoms with Crippen LogP contribution in [0, 0.1) is 0 Å². The minimum absolute atomic E-state index is 0.199. The number of nitrogens with one attached hydrogen (secondary N) is 1. The molecule has 0 spiro atoms. The molecule has 0 unspecified atom stereocenters. The fourth-order valence-corrected chi connectivity index (χ4v) is 5.50. The fraction of sp³-hybridized carbons (Fsp3) is 0.250. The molecule has 128 valence electrons. The number of likely N-dealkylation sites (N-methyl/N-ethyl adjacent to an activating group) is 1. The Balaban J connectivity index is 1.82. The largest absolute Gasteiger partial charge is 0.459 e. The molecule has 0 radical (unpaired) electrons. The first-order valence-corrected chi connectivity index (χ1v) is 10.4. The van der Waals surface area contributed by atoms with Gasteiger partial charge in [-0.15, -0.1) is 11.3 Å². The number of nitrogens with zero attached hydrogens (tertiary/aromatic N) is 1. The molecule has 2 heterocycles. The van der Waals surface area contributed by atoms with Gasteiger partial charge < -0.3 is 4.42 Å². The van der Waals surface area contributed by atoms with E-state index >= 15 is 0 Å². The van der Waals surface area contributed by atoms with Crippen molar-refractivity contribution in [2.75, 3.05) is 20.6 Å². The summed E-state index contributed by atoms with van der Waals surface area (Å²) in [5, 5.41) is 1.00. The van der Waals surface area contributed by atoms with E-state index in [-0.39, 0.29) is 16.8 Å². The highest BCUT2D eigenvalue weighted by atomic mass is 79.9. The summed E-state index contributed by atoms with van der Waals surface area (Å²) in [5.74, 6) is 0.733. The van der Waals surface area contributed by atoms with Crippen molar-refractivity contribution in [3.05, 3.63) is 52.0 Å². The molecule has 3 rings (SSSR count). The number of thiophene rings is 1. The number of furan rings is 1. The molecule has 0 saturated heterocycles. The Morgan fingerprint density at radius 3 is 2.62 bits per heavy atom. The van der Waals surface area contributed by atoms with Crippen LogP contribution in [0.15, 0.2) is 54.9 Å². The second kappa shape index (κ2) is 6.97. The van der Waals surface area contributed by atoms with Crippen molar-refractivity contribution in [1.82, 2.24) is 9.62 Å². The average molecular weight is 429 g/mol. The minimum Gasteiger partial charge on any atom is -0.459 e. The van der Waals surface area contributed by atoms with Crippen molar-refractivity contribution in [1.29, 1.82) is 0 Å². The Labute approximate surface area is 153 Å². The van der Waals surface area contributed by atoms with E-state index in [9.17, 15) is 8.42 Å². The van der Waals surface area contributed by atoms with Crippen molar-refractivity contribution in [3.8, 4) is 0 Å². The van der Waals surface area contributed by atoms with Gasteiger partial charge in [0.05, 0.1) is 9.83 Å². The summed E-state index contributed by atoms with van der Waals surface area (Å²) >= 11 is 4.47. The lowest BCUT2D eigenvalue weighted by Gasteiger charge is -2.22. The minimum atomic E-state index is -3.54. The summed E-state index contributed by atoms with van der Waals surface area (Å²) in [6, 6.07) is 12.8. The molecular weight excluding hydrogens is 412 g/mol. The molecule has 0 fully saturated rings. The zero-order chi connectivity index (χ0) is 17.3. The number of halogens is 1. The van der Waals surface area contributed by atoms with Crippen LogP contribution in [0.1, 0.15) is 11.8 Å². The highest BCUT2D eigenvalue weighted by molar-refractivity contribution is 9.11. The fourth-order valence-electron chi connectivity index (χ4n) is 2.41. The third kappa shape index (κ3) is 3.73. The molecule has 1 atom stereocenters. The van der Waals surface area contributed by atoms with E-state index < -0.39 is 10.0 Å². The van der Waals surface area contributed by atoms with Crippen molar-refractivity contribution >= 4 is 48.3 Å². The molecule has 2 aromatic heterocycles. The number of rotatable bonds is 6. The average Bonchev–Trinajstić information content (AvgIpc) is 3.13. The SMILES string of the molecule is CN(C)[C@@H](CNS(=O)(=O)c1ccc(Br)s1)c1cc2ccccc2o1. The number of benzene rings is 1. The van der Waals surface area contributed by atoms with Gasteiger partial charge in [-0.25, -0.2) is 13.1 Å². The third-order valence-corrected chi connectivity index (χ3v) is 7.22. The molecule has 1 N–H and O–H groups in total. The first-order chi connectivity index (χ1) is 11.4. The van der Waals surface area contributed by atoms with Gasteiger partial charge >= 0.3 is 0 Å². The maximum atomic E-state index is 12.4. The van der Waals surface area contributed by atoms with Gasteiger partial charge in [0.1, 0.15) is 15.6 Å². The molecule has 1 aromatic carbocycles. The number of fused-ring (bicyclic) bond motifs is 1. The molecule has 0 saturated carbocycles. The molecule has 5 nitrogen and oxygen atoms in total. The highest BCUT2D eigenvalue weighted by Crippen LogP contribution is 2.28. The van der Waals surface area contributed by atoms with Crippen LogP contribution >= 0.6 is 27.3 Å². The maximum Gasteiger partial charge on any atom is 0.250 e. The Morgan fingerprint density at radius 2 is 2.00 bits per heavy atom. The third-order valence-electron chi connectivity index (χ3n) is 3.68. The summed E-state index contributed by atoms with van der Waals surface area (Å²) in [6.07, 6.45) is 0. The van der Waals surface area contributed by atoms with Crippen LogP contribution in [0.25, 0.3) is 11.0 Å². The first kappa shape index (κ1) is 17.6. The van der Waals surface area contributed by atoms with Gasteiger partial charge in [0.15, 0.2) is 0 Å². The quantitative estimate of drug-likeness (QED) is 0.647. The standard InChI is InChI=1S/C16H17BrN2O3S2/c1-19(2)12(14-9-11-5-3-4-6-13(11)22-14)10-18-24(20,21)16-8-7-15(17)23-16/h3-9,12,18H,10H2,1-2H3/t12-/m0/s1. The number of sulfonamides is 1. The second-order valence-corrected chi connectivity index (χ2v) is 10.0. The van der Waals surface area contributed by atoms with E-state index in [0.717, 1.165) is 20.5 Å². The topological polar surface area (TPSA) is 62.6 Å². The monoisotopic (exact) mass is 428 g/mol. The zero-order valence-electron chi connectivity index (χ0n) is 13.2. The van der Waals surface area contributed by atoms with Gasteiger partial charge in [0.25, 0.3) is 0 Å². The number of hydrogen-bond donors (Lipinski definition) is 1. The van der Waals surface area contributed by atoms with Crippen LogP contribution in [-0.4, -0.2) is 34.0 Å². The highest BCUT2D eigenvalue weighted by Gasteiger charge is 2.23. The van der Waals surface area contributed by atoms with Crippen LogP contribution < -0.4 is 4.72 Å². The van der Waals surface area contributed by atoms with Gasteiger partial charge in [-0.2, -0.15) is 0 Å². The lowest BCUT2D eigenvalue weighted by Crippen LogP contribution is -2.34. The van der Waals surface area contributed by atoms with Crippen molar-refractivity contribution in [2.45, 2.75) is 10.3 Å². The van der Waals surface area contributed by atoms with Gasteiger partial charge in [0, 0.05) is 11.9 Å². The van der Waals surface area contributed by atoms with E-state index in [1.165, 1.54) is 11.3 Å². The van der Waals surface area contributed by atoms with E-state index in [0.29, 0.717) is 0 Å². The van der Waals surface area contributed by atoms with Crippen LogP contribution in [0.5, 0.6) is 0 Å². The molecule has 0 bridgehead atoms. The summed E-state index contributed by atoms with van der Waals surface area (Å²) in [6.45, 7) is 0.227. The molecule has 0 aliphatic carbocycles. The van der Waals surface area contributed by atoms with E-state index in [1.54, 1.807) is 12.1 Å². The Bertz CT molecular complexity index is 914. The Hall–Kier alpha value is -1.19. The Morgan fingerprint density at radius 1 is 1.25 bits per heavy atom. The van der Waals surface area contributed by atoms with Gasteiger partial charge in [-0.3, -0.25) is 4.90 Å². The number of para-hydroxylation sites is 1. The van der Waals surface area contributed by atoms with Crippen LogP contribution in [0.4, 0.5) is 0 Å². The summed E-state index contributed by atoms with van der Waals surface area (Å²) in [7, 11) is 0.258. The molecule has 0 aliphatic heterocycles. The lowest BCUT2D eigenvalue weighted by molar-refractivity contribution is 0.264. The van der Waals surface area contributed by atoms with Crippen molar-refractivity contribution in [3.63, 3.8) is 0 Å². The van der Waals surface area contributed by atoms with Crippen molar-refractivity contribution < 1.29 is 12.8 Å². The normalized spacial score (nSPS) is 13.7. The predicted octanol–water partition coefficient (Wildman–Crippen LogP) is 3.84. The van der Waals surface area contributed by atoms with E-state index in [4.69, 9.17) is 4.42 Å². The smallest absolute Gasteiger partial charge is 0.250 e. The summed E-state index contributed by atoms with van der Waals surface area (Å²) in [4.78, 5) is 1.94. The zero-order valence-corrected chi connectivity index (χ0v) is 16.4. The predicted molar refractivity (Wildman–Crippen MR) is 99.8 cm³/mol. The maximum absolute atomic E-state index is 12.4. The van der Waals surface area contributed by atoms with Crippen molar-refractivity contribution in [2.24, 2.45) is 0 Å². The number of hydrogen-bond acceptors (Lipinski definition) is 5. The van der Waals surface area contributed by atoms with Gasteiger partial charge in [-0.05, 0) is 54.3 Å². The van der Waals surface area contributed by atoms with E-state index in [1.807, 2.05) is 49.3 Å². The second-order valence-electron chi connectivity index (χ2n) is 5.58. The van der Waals surface area contributed by atoms with Crippen LogP contribution in [0.3, 0.4) is 0 Å².